The minimum absolute atomic E-state index is 0.294. The standard InChI is InChI=1S/C17H17N3O3S/c1-17(13-7-8-24-11-13)15(22)20(16(23)19-17)10-14(21)18-9-12-5-3-2-4-6-12/h2-8,11H,9-10H2,1H3,(H,18,21)(H,19,23). The Balaban J connectivity index is 1.64. The average Bonchev–Trinajstić information content (AvgIpc) is 3.19. The van der Waals surface area contributed by atoms with Gasteiger partial charge in [-0.05, 0) is 34.9 Å². The molecule has 124 valence electrons. The smallest absolute Gasteiger partial charge is 0.325 e. The molecule has 1 unspecified atom stereocenters. The molecule has 2 heterocycles. The van der Waals surface area contributed by atoms with Crippen LogP contribution in [0, 0.1) is 0 Å². The molecule has 1 atom stereocenters. The van der Waals surface area contributed by atoms with Crippen LogP contribution in [-0.4, -0.2) is 29.3 Å². The first-order valence-electron chi connectivity index (χ1n) is 7.48. The van der Waals surface area contributed by atoms with Crippen LogP contribution >= 0.6 is 11.3 Å². The molecule has 7 heteroatoms. The Morgan fingerprint density at radius 1 is 1.25 bits per heavy atom. The number of hydrogen-bond donors (Lipinski definition) is 2. The fraction of sp³-hybridized carbons (Fsp3) is 0.235. The molecule has 1 fully saturated rings. The van der Waals surface area contributed by atoms with Crippen molar-refractivity contribution in [1.29, 1.82) is 0 Å². The van der Waals surface area contributed by atoms with E-state index >= 15 is 0 Å². The molecule has 0 spiro atoms. The zero-order chi connectivity index (χ0) is 17.2. The van der Waals surface area contributed by atoms with Crippen LogP contribution in [0.4, 0.5) is 4.79 Å². The van der Waals surface area contributed by atoms with Crippen molar-refractivity contribution in [3.8, 4) is 0 Å². The van der Waals surface area contributed by atoms with Crippen molar-refractivity contribution in [1.82, 2.24) is 15.5 Å². The Bertz CT molecular complexity index is 761. The number of benzene rings is 1. The third-order valence-corrected chi connectivity index (χ3v) is 4.69. The van der Waals surface area contributed by atoms with Gasteiger partial charge in [-0.15, -0.1) is 0 Å². The molecule has 1 aromatic carbocycles. The zero-order valence-corrected chi connectivity index (χ0v) is 13.9. The van der Waals surface area contributed by atoms with Gasteiger partial charge in [0.25, 0.3) is 5.91 Å². The second-order valence-electron chi connectivity index (χ2n) is 5.72. The quantitative estimate of drug-likeness (QED) is 0.813. The van der Waals surface area contributed by atoms with Crippen LogP contribution in [0.3, 0.4) is 0 Å². The van der Waals surface area contributed by atoms with Gasteiger partial charge in [0.2, 0.25) is 5.91 Å². The molecule has 0 radical (unpaired) electrons. The van der Waals surface area contributed by atoms with Gasteiger partial charge in [-0.25, -0.2) is 4.79 Å². The number of carbonyl (C=O) groups excluding carboxylic acids is 3. The van der Waals surface area contributed by atoms with Crippen LogP contribution in [0.2, 0.25) is 0 Å². The third kappa shape index (κ3) is 3.03. The molecule has 2 aromatic rings. The van der Waals surface area contributed by atoms with Crippen molar-refractivity contribution in [3.05, 3.63) is 58.3 Å². The third-order valence-electron chi connectivity index (χ3n) is 4.01. The number of thiophene rings is 1. The van der Waals surface area contributed by atoms with E-state index in [4.69, 9.17) is 0 Å². The van der Waals surface area contributed by atoms with Crippen molar-refractivity contribution >= 4 is 29.2 Å². The van der Waals surface area contributed by atoms with E-state index in [1.54, 1.807) is 13.0 Å². The number of imide groups is 1. The van der Waals surface area contributed by atoms with E-state index in [0.29, 0.717) is 6.54 Å². The van der Waals surface area contributed by atoms with Gasteiger partial charge in [0.15, 0.2) is 0 Å². The van der Waals surface area contributed by atoms with E-state index in [9.17, 15) is 14.4 Å². The van der Waals surface area contributed by atoms with E-state index in [1.807, 2.05) is 41.1 Å². The van der Waals surface area contributed by atoms with Crippen LogP contribution < -0.4 is 10.6 Å². The lowest BCUT2D eigenvalue weighted by molar-refractivity contribution is -0.134. The van der Waals surface area contributed by atoms with Gasteiger partial charge in [-0.1, -0.05) is 30.3 Å². The number of hydrogen-bond acceptors (Lipinski definition) is 4. The summed E-state index contributed by atoms with van der Waals surface area (Å²) in [4.78, 5) is 37.8. The first-order chi connectivity index (χ1) is 11.5. The van der Waals surface area contributed by atoms with Crippen LogP contribution in [-0.2, 0) is 21.7 Å². The lowest BCUT2D eigenvalue weighted by Gasteiger charge is -2.20. The fourth-order valence-electron chi connectivity index (χ4n) is 2.58. The Morgan fingerprint density at radius 3 is 2.67 bits per heavy atom. The van der Waals surface area contributed by atoms with Crippen molar-refractivity contribution in [2.75, 3.05) is 6.54 Å². The van der Waals surface area contributed by atoms with Gasteiger partial charge in [0, 0.05) is 6.54 Å². The van der Waals surface area contributed by atoms with Gasteiger partial charge in [0.1, 0.15) is 12.1 Å². The lowest BCUT2D eigenvalue weighted by atomic mass is 9.95. The molecule has 1 saturated heterocycles. The Hall–Kier alpha value is -2.67. The highest BCUT2D eigenvalue weighted by molar-refractivity contribution is 7.08. The summed E-state index contributed by atoms with van der Waals surface area (Å²) in [5, 5.41) is 9.05. The summed E-state index contributed by atoms with van der Waals surface area (Å²) in [5.74, 6) is -0.794. The zero-order valence-electron chi connectivity index (χ0n) is 13.1. The van der Waals surface area contributed by atoms with Crippen LogP contribution in [0.5, 0.6) is 0 Å². The molecule has 1 aliphatic heterocycles. The van der Waals surface area contributed by atoms with Crippen molar-refractivity contribution in [2.24, 2.45) is 0 Å². The van der Waals surface area contributed by atoms with E-state index in [-0.39, 0.29) is 12.5 Å². The summed E-state index contributed by atoms with van der Waals surface area (Å²) in [6.07, 6.45) is 0. The minimum atomic E-state index is -1.11. The molecule has 0 bridgehead atoms. The van der Waals surface area contributed by atoms with Crippen molar-refractivity contribution in [2.45, 2.75) is 19.0 Å². The molecule has 2 N–H and O–H groups in total. The number of urea groups is 1. The lowest BCUT2D eigenvalue weighted by Crippen LogP contribution is -2.43. The SMILES string of the molecule is CC1(c2ccsc2)NC(=O)N(CC(=O)NCc2ccccc2)C1=O. The number of carbonyl (C=O) groups is 3. The first kappa shape index (κ1) is 16.2. The van der Waals surface area contributed by atoms with Gasteiger partial charge in [0.05, 0.1) is 0 Å². The maximum Gasteiger partial charge on any atom is 0.325 e. The summed E-state index contributed by atoms with van der Waals surface area (Å²) >= 11 is 1.45. The maximum atomic E-state index is 12.6. The van der Waals surface area contributed by atoms with Crippen LogP contribution in [0.15, 0.2) is 47.2 Å². The molecule has 24 heavy (non-hydrogen) atoms. The number of nitrogens with one attached hydrogen (secondary N) is 2. The van der Waals surface area contributed by atoms with E-state index in [0.717, 1.165) is 16.0 Å². The van der Waals surface area contributed by atoms with Crippen molar-refractivity contribution < 1.29 is 14.4 Å². The molecule has 0 saturated carbocycles. The highest BCUT2D eigenvalue weighted by Crippen LogP contribution is 2.29. The Labute approximate surface area is 143 Å². The van der Waals surface area contributed by atoms with Crippen molar-refractivity contribution in [3.63, 3.8) is 0 Å². The van der Waals surface area contributed by atoms with Gasteiger partial charge in [-0.3, -0.25) is 14.5 Å². The number of nitrogens with zero attached hydrogens (tertiary/aromatic N) is 1. The molecular formula is C17H17N3O3S. The highest BCUT2D eigenvalue weighted by Gasteiger charge is 2.49. The highest BCUT2D eigenvalue weighted by atomic mass is 32.1. The van der Waals surface area contributed by atoms with Gasteiger partial charge >= 0.3 is 6.03 Å². The molecule has 0 aliphatic carbocycles. The maximum absolute atomic E-state index is 12.6. The second-order valence-corrected chi connectivity index (χ2v) is 6.50. The predicted octanol–water partition coefficient (Wildman–Crippen LogP) is 1.83. The average molecular weight is 343 g/mol. The molecule has 3 rings (SSSR count). The number of amides is 4. The normalized spacial score (nSPS) is 20.1. The Morgan fingerprint density at radius 2 is 2.00 bits per heavy atom. The summed E-state index contributed by atoms with van der Waals surface area (Å²) in [6, 6.07) is 10.7. The van der Waals surface area contributed by atoms with Crippen LogP contribution in [0.25, 0.3) is 0 Å². The minimum Gasteiger partial charge on any atom is -0.350 e. The topological polar surface area (TPSA) is 78.5 Å². The monoisotopic (exact) mass is 343 g/mol. The van der Waals surface area contributed by atoms with Crippen LogP contribution in [0.1, 0.15) is 18.1 Å². The predicted molar refractivity (Wildman–Crippen MR) is 90.2 cm³/mol. The largest absolute Gasteiger partial charge is 0.350 e. The Kier molecular flexibility index (Phi) is 4.35. The van der Waals surface area contributed by atoms with E-state index in [2.05, 4.69) is 10.6 Å². The molecule has 4 amide bonds. The summed E-state index contributed by atoms with van der Waals surface area (Å²) < 4.78 is 0. The fourth-order valence-corrected chi connectivity index (χ4v) is 3.35. The summed E-state index contributed by atoms with van der Waals surface area (Å²) in [6.45, 7) is 1.71. The van der Waals surface area contributed by atoms with E-state index < -0.39 is 17.5 Å². The van der Waals surface area contributed by atoms with Gasteiger partial charge in [-0.2, -0.15) is 11.3 Å². The second kappa shape index (κ2) is 6.45. The molecule has 1 aliphatic rings. The summed E-state index contributed by atoms with van der Waals surface area (Å²) in [7, 11) is 0. The van der Waals surface area contributed by atoms with E-state index in [1.165, 1.54) is 11.3 Å². The molecule has 6 nitrogen and oxygen atoms in total. The number of rotatable bonds is 5. The molecular weight excluding hydrogens is 326 g/mol. The first-order valence-corrected chi connectivity index (χ1v) is 8.42. The summed E-state index contributed by atoms with van der Waals surface area (Å²) in [5.41, 5.74) is 0.556. The molecule has 1 aromatic heterocycles. The van der Waals surface area contributed by atoms with Gasteiger partial charge < -0.3 is 10.6 Å².